The molecule has 1 aliphatic rings. The molecule has 2 heteroatoms. The van der Waals surface area contributed by atoms with Crippen LogP contribution in [0.5, 0.6) is 0 Å². The van der Waals surface area contributed by atoms with Crippen LogP contribution in [0.3, 0.4) is 0 Å². The van der Waals surface area contributed by atoms with Crippen molar-refractivity contribution in [3.05, 3.63) is 0 Å². The molecule has 0 aromatic rings. The van der Waals surface area contributed by atoms with Crippen LogP contribution >= 0.6 is 11.6 Å². The van der Waals surface area contributed by atoms with Crippen molar-refractivity contribution in [2.45, 2.75) is 45.6 Å². The van der Waals surface area contributed by atoms with Crippen LogP contribution in [-0.4, -0.2) is 12.2 Å². The zero-order chi connectivity index (χ0) is 9.84. The Morgan fingerprint density at radius 1 is 1.46 bits per heavy atom. The lowest BCUT2D eigenvalue weighted by Crippen LogP contribution is -2.30. The Labute approximate surface area is 86.8 Å². The Morgan fingerprint density at radius 3 is 2.77 bits per heavy atom. The third-order valence-corrected chi connectivity index (χ3v) is 3.21. The first kappa shape index (κ1) is 11.3. The summed E-state index contributed by atoms with van der Waals surface area (Å²) in [5.41, 5.74) is -0.0325. The molecule has 1 nitrogen and oxygen atoms in total. The van der Waals surface area contributed by atoms with Gasteiger partial charge in [0.25, 0.3) is 0 Å². The summed E-state index contributed by atoms with van der Waals surface area (Å²) in [6.45, 7) is 7.60. The van der Waals surface area contributed by atoms with E-state index in [1.165, 1.54) is 19.3 Å². The maximum Gasteiger partial charge on any atom is 0.134 e. The van der Waals surface area contributed by atoms with Crippen LogP contribution in [0.25, 0.3) is 0 Å². The van der Waals surface area contributed by atoms with Gasteiger partial charge in [-0.3, -0.25) is 0 Å². The maximum atomic E-state index is 6.11. The van der Waals surface area contributed by atoms with Crippen LogP contribution in [0.4, 0.5) is 0 Å². The van der Waals surface area contributed by atoms with E-state index in [2.05, 4.69) is 20.8 Å². The highest BCUT2D eigenvalue weighted by Crippen LogP contribution is 2.31. The van der Waals surface area contributed by atoms with Gasteiger partial charge >= 0.3 is 0 Å². The number of hydrogen-bond donors (Lipinski definition) is 0. The zero-order valence-corrected chi connectivity index (χ0v) is 9.68. The minimum atomic E-state index is -0.0325. The highest BCUT2D eigenvalue weighted by Gasteiger charge is 2.27. The van der Waals surface area contributed by atoms with Crippen molar-refractivity contribution < 1.29 is 4.74 Å². The average molecular weight is 205 g/mol. The minimum Gasteiger partial charge on any atom is -0.362 e. The summed E-state index contributed by atoms with van der Waals surface area (Å²) in [7, 11) is 0. The molecule has 78 valence electrons. The Balaban J connectivity index is 2.29. The standard InChI is InChI=1S/C11H21ClO/c1-8(2)4-5-10-6-9(3)7-13-11(10)12/h8-11H,4-7H2,1-3H3. The van der Waals surface area contributed by atoms with Gasteiger partial charge < -0.3 is 4.74 Å². The Bertz CT molecular complexity index is 147. The van der Waals surface area contributed by atoms with E-state index in [-0.39, 0.29) is 5.56 Å². The van der Waals surface area contributed by atoms with Crippen molar-refractivity contribution in [2.24, 2.45) is 17.8 Å². The smallest absolute Gasteiger partial charge is 0.134 e. The van der Waals surface area contributed by atoms with E-state index in [4.69, 9.17) is 16.3 Å². The van der Waals surface area contributed by atoms with E-state index in [1.807, 2.05) is 0 Å². The van der Waals surface area contributed by atoms with Crippen LogP contribution in [0, 0.1) is 17.8 Å². The summed E-state index contributed by atoms with van der Waals surface area (Å²) in [6, 6.07) is 0. The lowest BCUT2D eigenvalue weighted by molar-refractivity contribution is -0.00976. The third-order valence-electron chi connectivity index (χ3n) is 2.73. The predicted octanol–water partition coefficient (Wildman–Crippen LogP) is 3.66. The molecule has 3 atom stereocenters. The Kier molecular flexibility index (Phi) is 4.54. The van der Waals surface area contributed by atoms with Gasteiger partial charge in [-0.1, -0.05) is 38.8 Å². The van der Waals surface area contributed by atoms with E-state index in [0.717, 1.165) is 12.5 Å². The van der Waals surface area contributed by atoms with Gasteiger partial charge in [0, 0.05) is 0 Å². The van der Waals surface area contributed by atoms with E-state index < -0.39 is 0 Å². The topological polar surface area (TPSA) is 9.23 Å². The normalized spacial score (nSPS) is 35.3. The molecule has 0 aliphatic carbocycles. The highest BCUT2D eigenvalue weighted by atomic mass is 35.5. The third kappa shape index (κ3) is 3.86. The fourth-order valence-electron chi connectivity index (χ4n) is 1.88. The van der Waals surface area contributed by atoms with Crippen molar-refractivity contribution in [3.8, 4) is 0 Å². The van der Waals surface area contributed by atoms with Crippen molar-refractivity contribution in [2.75, 3.05) is 6.61 Å². The number of hydrogen-bond acceptors (Lipinski definition) is 1. The molecular weight excluding hydrogens is 184 g/mol. The van der Waals surface area contributed by atoms with Gasteiger partial charge in [0.05, 0.1) is 6.61 Å². The van der Waals surface area contributed by atoms with Crippen LogP contribution in [0.15, 0.2) is 0 Å². The molecule has 1 aliphatic heterocycles. The van der Waals surface area contributed by atoms with Crippen molar-refractivity contribution >= 4 is 11.6 Å². The molecule has 3 unspecified atom stereocenters. The summed E-state index contributed by atoms with van der Waals surface area (Å²) in [5.74, 6) is 2.04. The second-order valence-corrected chi connectivity index (χ2v) is 5.19. The number of ether oxygens (including phenoxy) is 1. The lowest BCUT2D eigenvalue weighted by Gasteiger charge is -2.31. The van der Waals surface area contributed by atoms with E-state index >= 15 is 0 Å². The molecule has 0 aromatic heterocycles. The number of alkyl halides is 1. The van der Waals surface area contributed by atoms with Crippen molar-refractivity contribution in [1.29, 1.82) is 0 Å². The van der Waals surface area contributed by atoms with Crippen LogP contribution in [0.1, 0.15) is 40.0 Å². The molecule has 0 radical (unpaired) electrons. The van der Waals surface area contributed by atoms with Crippen molar-refractivity contribution in [1.82, 2.24) is 0 Å². The number of halogens is 1. The Morgan fingerprint density at radius 2 is 2.15 bits per heavy atom. The van der Waals surface area contributed by atoms with Gasteiger partial charge in [-0.25, -0.2) is 0 Å². The monoisotopic (exact) mass is 204 g/mol. The summed E-state index contributed by atoms with van der Waals surface area (Å²) in [5, 5.41) is 0. The molecule has 0 N–H and O–H groups in total. The van der Waals surface area contributed by atoms with Crippen LogP contribution < -0.4 is 0 Å². The molecule has 0 saturated carbocycles. The molecule has 13 heavy (non-hydrogen) atoms. The summed E-state index contributed by atoms with van der Waals surface area (Å²) in [6.07, 6.45) is 3.72. The first-order valence-electron chi connectivity index (χ1n) is 5.35. The van der Waals surface area contributed by atoms with Gasteiger partial charge in [0.1, 0.15) is 5.56 Å². The molecule has 1 fully saturated rings. The van der Waals surface area contributed by atoms with E-state index in [0.29, 0.717) is 11.8 Å². The van der Waals surface area contributed by atoms with Gasteiger partial charge in [-0.05, 0) is 30.6 Å². The fourth-order valence-corrected chi connectivity index (χ4v) is 2.18. The molecule has 0 spiro atoms. The second-order valence-electron chi connectivity index (χ2n) is 4.76. The van der Waals surface area contributed by atoms with E-state index in [9.17, 15) is 0 Å². The minimum absolute atomic E-state index is 0.0325. The summed E-state index contributed by atoms with van der Waals surface area (Å²) in [4.78, 5) is 0. The van der Waals surface area contributed by atoms with Crippen LogP contribution in [-0.2, 0) is 4.74 Å². The first-order chi connectivity index (χ1) is 6.09. The van der Waals surface area contributed by atoms with Gasteiger partial charge in [-0.2, -0.15) is 0 Å². The molecule has 1 saturated heterocycles. The van der Waals surface area contributed by atoms with Gasteiger partial charge in [0.15, 0.2) is 0 Å². The largest absolute Gasteiger partial charge is 0.362 e. The fraction of sp³-hybridized carbons (Fsp3) is 1.00. The first-order valence-corrected chi connectivity index (χ1v) is 5.79. The maximum absolute atomic E-state index is 6.11. The number of rotatable bonds is 3. The molecule has 1 heterocycles. The van der Waals surface area contributed by atoms with Crippen molar-refractivity contribution in [3.63, 3.8) is 0 Å². The molecule has 1 rings (SSSR count). The molecule has 0 bridgehead atoms. The molecule has 0 aromatic carbocycles. The Hall–Kier alpha value is 0.250. The summed E-state index contributed by atoms with van der Waals surface area (Å²) >= 11 is 6.11. The second kappa shape index (κ2) is 5.21. The van der Waals surface area contributed by atoms with Crippen LogP contribution in [0.2, 0.25) is 0 Å². The lowest BCUT2D eigenvalue weighted by atomic mass is 9.89. The van der Waals surface area contributed by atoms with E-state index in [1.54, 1.807) is 0 Å². The highest BCUT2D eigenvalue weighted by molar-refractivity contribution is 6.19. The quantitative estimate of drug-likeness (QED) is 0.638. The van der Waals surface area contributed by atoms with Gasteiger partial charge in [0.2, 0.25) is 0 Å². The predicted molar refractivity (Wildman–Crippen MR) is 56.9 cm³/mol. The zero-order valence-electron chi connectivity index (χ0n) is 8.92. The summed E-state index contributed by atoms with van der Waals surface area (Å²) < 4.78 is 5.50. The average Bonchev–Trinajstić information content (AvgIpc) is 2.06. The molecular formula is C11H21ClO. The SMILES string of the molecule is CC(C)CCC1CC(C)COC1Cl. The van der Waals surface area contributed by atoms with Gasteiger partial charge in [-0.15, -0.1) is 0 Å². The molecule has 0 amide bonds.